The predicted octanol–water partition coefficient (Wildman–Crippen LogP) is 5.24. The Labute approximate surface area is 349 Å². The van der Waals surface area contributed by atoms with Crippen molar-refractivity contribution in [3.05, 3.63) is 60.0 Å². The van der Waals surface area contributed by atoms with Gasteiger partial charge in [-0.3, -0.25) is 33.8 Å². The molecule has 1 aliphatic carbocycles. The fraction of sp³-hybridized carbons (Fsp3) is 0.581. The van der Waals surface area contributed by atoms with Gasteiger partial charge in [-0.05, 0) is 63.2 Å². The number of nitrogens with one attached hydrogen (secondary N) is 4. The first-order chi connectivity index (χ1) is 28.1. The Hall–Kier alpha value is -5.19. The summed E-state index contributed by atoms with van der Waals surface area (Å²) in [4.78, 5) is 82.8. The molecule has 0 spiro atoms. The van der Waals surface area contributed by atoms with Gasteiger partial charge in [0.15, 0.2) is 0 Å². The van der Waals surface area contributed by atoms with E-state index in [0.717, 1.165) is 42.1 Å². The molecule has 0 unspecified atom stereocenters. The number of methoxy groups -OCH3 is 1. The third kappa shape index (κ3) is 14.2. The lowest BCUT2D eigenvalue weighted by atomic mass is 9.84. The largest absolute Gasteiger partial charge is 0.499 e. The number of ether oxygens (including phenoxy) is 1. The molecule has 4 rings (SSSR count). The number of rotatable bonds is 17. The van der Waals surface area contributed by atoms with Gasteiger partial charge in [-0.15, -0.1) is 0 Å². The van der Waals surface area contributed by atoms with Gasteiger partial charge in [0.05, 0.1) is 13.2 Å². The first kappa shape index (κ1) is 49.2. The number of nitrogens with zero attached hydrogens (tertiary/aromatic N) is 2. The quantitative estimate of drug-likeness (QED) is 0.133. The van der Waals surface area contributed by atoms with Crippen LogP contribution in [0.3, 0.4) is 0 Å². The number of carboxylic acids is 1. The molecule has 0 radical (unpaired) electrons. The van der Waals surface area contributed by atoms with Gasteiger partial charge in [0.2, 0.25) is 17.7 Å². The van der Waals surface area contributed by atoms with Gasteiger partial charge in [-0.1, -0.05) is 84.1 Å². The summed E-state index contributed by atoms with van der Waals surface area (Å²) in [5.74, 6) is -3.91. The van der Waals surface area contributed by atoms with Crippen LogP contribution in [0.1, 0.15) is 85.1 Å². The molecule has 0 bridgehead atoms. The number of carbonyl (C=O) groups excluding carboxylic acids is 5. The van der Waals surface area contributed by atoms with E-state index in [1.165, 1.54) is 36.7 Å². The number of aromatic amines is 1. The SMILES string of the molecule is COC1=CC(=O)N(C(=O)/C=C/[C@H](C)NC(=O)[C@H](CC(C)C)NC(=O)[C@H](CC2CCCCC2)NC(=O)[C@H](C(C)C)N(C)C)[C@H]1Cc1c[nH]c2ccccc12.O=C(O)C(F)(F)F. The van der Waals surface area contributed by atoms with Crippen molar-refractivity contribution in [2.45, 2.75) is 122 Å². The number of H-pyrrole nitrogens is 1. The van der Waals surface area contributed by atoms with Gasteiger partial charge in [-0.25, -0.2) is 4.79 Å². The lowest BCUT2D eigenvalue weighted by Crippen LogP contribution is -2.57. The maximum absolute atomic E-state index is 13.9. The molecule has 0 saturated heterocycles. The lowest BCUT2D eigenvalue weighted by Gasteiger charge is -2.32. The van der Waals surface area contributed by atoms with Gasteiger partial charge < -0.3 is 30.8 Å². The molecule has 2 aromatic rings. The first-order valence-corrected chi connectivity index (χ1v) is 20.4. The van der Waals surface area contributed by atoms with Crippen LogP contribution in [0.4, 0.5) is 13.2 Å². The van der Waals surface area contributed by atoms with Crippen molar-refractivity contribution >= 4 is 46.4 Å². The van der Waals surface area contributed by atoms with Crippen LogP contribution in [0.25, 0.3) is 10.9 Å². The zero-order chi connectivity index (χ0) is 44.9. The number of likely N-dealkylation sites (N-methyl/N-ethyl adjacent to an activating group) is 1. The molecule has 60 heavy (non-hydrogen) atoms. The Morgan fingerprint density at radius 2 is 1.55 bits per heavy atom. The highest BCUT2D eigenvalue weighted by Gasteiger charge is 2.39. The number of hydrogen-bond donors (Lipinski definition) is 5. The molecule has 1 aromatic heterocycles. The Morgan fingerprint density at radius 1 is 0.950 bits per heavy atom. The van der Waals surface area contributed by atoms with Gasteiger partial charge in [0.25, 0.3) is 11.8 Å². The Morgan fingerprint density at radius 3 is 2.12 bits per heavy atom. The van der Waals surface area contributed by atoms with Crippen molar-refractivity contribution < 1.29 is 51.8 Å². The molecule has 2 aliphatic rings. The highest BCUT2D eigenvalue weighted by Crippen LogP contribution is 2.29. The molecule has 1 aliphatic heterocycles. The minimum absolute atomic E-state index is 0.0385. The average molecular weight is 847 g/mol. The summed E-state index contributed by atoms with van der Waals surface area (Å²) in [6.07, 6.45) is 7.63. The second-order valence-electron chi connectivity index (χ2n) is 16.5. The van der Waals surface area contributed by atoms with E-state index in [-0.39, 0.29) is 23.7 Å². The number of fused-ring (bicyclic) bond motifs is 1. The summed E-state index contributed by atoms with van der Waals surface area (Å²) in [6.45, 7) is 9.63. The number of carbonyl (C=O) groups is 6. The minimum Gasteiger partial charge on any atom is -0.499 e. The number of aromatic nitrogens is 1. The summed E-state index contributed by atoms with van der Waals surface area (Å²) in [7, 11) is 5.19. The van der Waals surface area contributed by atoms with Gasteiger partial charge in [0, 0.05) is 41.7 Å². The van der Waals surface area contributed by atoms with E-state index in [0.29, 0.717) is 30.9 Å². The molecule has 1 fully saturated rings. The Kier molecular flexibility index (Phi) is 18.4. The molecule has 14 nitrogen and oxygen atoms in total. The molecule has 332 valence electrons. The molecule has 1 aromatic carbocycles. The number of alkyl halides is 3. The van der Waals surface area contributed by atoms with Crippen LogP contribution in [0.15, 0.2) is 54.4 Å². The van der Waals surface area contributed by atoms with Gasteiger partial charge >= 0.3 is 12.1 Å². The summed E-state index contributed by atoms with van der Waals surface area (Å²) in [6, 6.07) is 4.56. The smallest absolute Gasteiger partial charge is 0.490 e. The zero-order valence-electron chi connectivity index (χ0n) is 35.7. The van der Waals surface area contributed by atoms with E-state index in [4.69, 9.17) is 14.6 Å². The molecule has 17 heteroatoms. The van der Waals surface area contributed by atoms with Crippen molar-refractivity contribution in [3.63, 3.8) is 0 Å². The first-order valence-electron chi connectivity index (χ1n) is 20.4. The summed E-state index contributed by atoms with van der Waals surface area (Å²) >= 11 is 0. The predicted molar refractivity (Wildman–Crippen MR) is 220 cm³/mol. The van der Waals surface area contributed by atoms with Crippen molar-refractivity contribution in [3.8, 4) is 0 Å². The molecule has 5 amide bonds. The molecule has 1 saturated carbocycles. The van der Waals surface area contributed by atoms with E-state index in [1.807, 2.05) is 77.2 Å². The fourth-order valence-corrected chi connectivity index (χ4v) is 7.76. The summed E-state index contributed by atoms with van der Waals surface area (Å²) < 4.78 is 37.2. The van der Waals surface area contributed by atoms with Crippen molar-refractivity contribution in [1.82, 2.24) is 30.7 Å². The number of halogens is 3. The van der Waals surface area contributed by atoms with Crippen LogP contribution in [0, 0.1) is 17.8 Å². The van der Waals surface area contributed by atoms with Crippen LogP contribution in [-0.4, -0.2) is 113 Å². The average Bonchev–Trinajstić information content (AvgIpc) is 3.72. The fourth-order valence-electron chi connectivity index (χ4n) is 7.76. The highest BCUT2D eigenvalue weighted by atomic mass is 19.4. The standard InChI is InChI=1S/C41H60N6O6.C2HF3O2/c1-25(2)20-32(44-40(51)33(21-28-14-10-9-11-15-28)45-41(52)38(26(3)4)46(6)7)39(50)43-27(5)18-19-36(48)47-34(35(53-8)23-37(47)49)22-29-24-42-31-17-13-12-16-30(29)31;3-2(4,5)1(6)7/h12-13,16-19,23-28,32-34,38,42H,9-11,14-15,20-22H2,1-8H3,(H,43,50)(H,44,51)(H,45,52);(H,6,7)/b19-18+;/t27-,32-,33-,34-,38-;/m0./s1. The molecule has 5 N–H and O–H groups in total. The maximum Gasteiger partial charge on any atom is 0.490 e. The third-order valence-electron chi connectivity index (χ3n) is 10.6. The number of carboxylic acid groups (broad SMARTS) is 1. The molecular formula is C43H61F3N6O8. The van der Waals surface area contributed by atoms with Crippen LogP contribution >= 0.6 is 0 Å². The van der Waals surface area contributed by atoms with E-state index in [1.54, 1.807) is 6.92 Å². The summed E-state index contributed by atoms with van der Waals surface area (Å²) in [5.41, 5.74) is 1.90. The van der Waals surface area contributed by atoms with Crippen molar-refractivity contribution in [1.29, 1.82) is 0 Å². The second kappa shape index (κ2) is 22.4. The number of hydrogen-bond acceptors (Lipinski definition) is 8. The van der Waals surface area contributed by atoms with Crippen LogP contribution in [0.2, 0.25) is 0 Å². The van der Waals surface area contributed by atoms with Crippen LogP contribution in [-0.2, 0) is 39.9 Å². The second-order valence-corrected chi connectivity index (χ2v) is 16.5. The molecule has 5 atom stereocenters. The number of para-hydroxylation sites is 1. The van der Waals surface area contributed by atoms with E-state index < -0.39 is 60.1 Å². The van der Waals surface area contributed by atoms with E-state index in [2.05, 4.69) is 20.9 Å². The van der Waals surface area contributed by atoms with Gasteiger partial charge in [0.1, 0.15) is 23.9 Å². The Bertz CT molecular complexity index is 1860. The van der Waals surface area contributed by atoms with Crippen LogP contribution in [0.5, 0.6) is 0 Å². The van der Waals surface area contributed by atoms with E-state index >= 15 is 0 Å². The molecule has 2 heterocycles. The zero-order valence-corrected chi connectivity index (χ0v) is 35.7. The third-order valence-corrected chi connectivity index (χ3v) is 10.6. The number of benzene rings is 1. The number of aliphatic carboxylic acids is 1. The minimum atomic E-state index is -5.08. The number of imide groups is 1. The molecular weight excluding hydrogens is 786 g/mol. The van der Waals surface area contributed by atoms with Crippen molar-refractivity contribution in [2.75, 3.05) is 21.2 Å². The topological polar surface area (TPSA) is 190 Å². The monoisotopic (exact) mass is 846 g/mol. The Balaban J connectivity index is 0.00000126. The maximum atomic E-state index is 13.9. The summed E-state index contributed by atoms with van der Waals surface area (Å²) in [5, 5.41) is 17.0. The lowest BCUT2D eigenvalue weighted by molar-refractivity contribution is -0.192. The van der Waals surface area contributed by atoms with Crippen molar-refractivity contribution in [2.24, 2.45) is 17.8 Å². The normalized spacial score (nSPS) is 18.2. The van der Waals surface area contributed by atoms with Crippen LogP contribution < -0.4 is 16.0 Å². The van der Waals surface area contributed by atoms with E-state index in [9.17, 15) is 37.1 Å². The van der Waals surface area contributed by atoms with Gasteiger partial charge in [-0.2, -0.15) is 13.2 Å². The number of amides is 5. The highest BCUT2D eigenvalue weighted by molar-refractivity contribution is 6.08.